The number of rotatable bonds is 3. The van der Waals surface area contributed by atoms with Gasteiger partial charge in [-0.2, -0.15) is 0 Å². The molecule has 0 N–H and O–H groups in total. The molecule has 1 aromatic rings. The van der Waals surface area contributed by atoms with E-state index in [0.717, 1.165) is 30.8 Å². The van der Waals surface area contributed by atoms with Crippen molar-refractivity contribution < 1.29 is 14.3 Å². The molecule has 0 aromatic heterocycles. The van der Waals surface area contributed by atoms with Crippen molar-refractivity contribution in [3.8, 4) is 5.75 Å². The number of amides is 2. The number of likely N-dealkylation sites (N-methyl/N-ethyl adjacent to an activating group) is 1. The quantitative estimate of drug-likeness (QED) is 0.800. The van der Waals surface area contributed by atoms with Gasteiger partial charge in [-0.25, -0.2) is 0 Å². The van der Waals surface area contributed by atoms with Crippen molar-refractivity contribution in [1.29, 1.82) is 0 Å². The summed E-state index contributed by atoms with van der Waals surface area (Å²) < 4.78 is 5.18. The second kappa shape index (κ2) is 6.30. The fraction of sp³-hybridized carbons (Fsp3) is 0.474. The predicted molar refractivity (Wildman–Crippen MR) is 92.2 cm³/mol. The number of ether oxygens (including phenoxy) is 1. The monoisotopic (exact) mass is 328 g/mol. The number of carbonyl (C=O) groups excluding carboxylic acids is 2. The molecule has 24 heavy (non-hydrogen) atoms. The Morgan fingerprint density at radius 3 is 2.12 bits per heavy atom. The predicted octanol–water partition coefficient (Wildman–Crippen LogP) is 2.38. The molecule has 1 aromatic carbocycles. The van der Waals surface area contributed by atoms with Crippen LogP contribution >= 0.6 is 0 Å². The Balaban J connectivity index is 2.06. The highest BCUT2D eigenvalue weighted by atomic mass is 16.5. The van der Waals surface area contributed by atoms with Gasteiger partial charge in [0.25, 0.3) is 11.8 Å². The molecule has 5 heteroatoms. The van der Waals surface area contributed by atoms with Crippen LogP contribution in [0.5, 0.6) is 5.75 Å². The van der Waals surface area contributed by atoms with Crippen LogP contribution in [0.25, 0.3) is 5.57 Å². The lowest BCUT2D eigenvalue weighted by molar-refractivity contribution is -0.136. The van der Waals surface area contributed by atoms with Crippen molar-refractivity contribution in [2.45, 2.75) is 20.3 Å². The molecule has 0 saturated carbocycles. The van der Waals surface area contributed by atoms with Gasteiger partial charge in [0.2, 0.25) is 0 Å². The molecule has 0 aliphatic carbocycles. The van der Waals surface area contributed by atoms with E-state index in [0.29, 0.717) is 23.1 Å². The van der Waals surface area contributed by atoms with Crippen LogP contribution < -0.4 is 4.74 Å². The molecule has 1 fully saturated rings. The Kier molecular flexibility index (Phi) is 4.35. The fourth-order valence-electron chi connectivity index (χ4n) is 3.78. The van der Waals surface area contributed by atoms with Crippen molar-refractivity contribution >= 4 is 17.4 Å². The van der Waals surface area contributed by atoms with Gasteiger partial charge >= 0.3 is 0 Å². The topological polar surface area (TPSA) is 49.9 Å². The molecule has 0 bridgehead atoms. The summed E-state index contributed by atoms with van der Waals surface area (Å²) in [6, 6.07) is 7.32. The van der Waals surface area contributed by atoms with Gasteiger partial charge in [-0.3, -0.25) is 14.5 Å². The van der Waals surface area contributed by atoms with Crippen molar-refractivity contribution in [2.75, 3.05) is 27.2 Å². The molecule has 0 radical (unpaired) electrons. The van der Waals surface area contributed by atoms with Gasteiger partial charge in [0, 0.05) is 20.1 Å². The third-order valence-electron chi connectivity index (χ3n) is 4.83. The summed E-state index contributed by atoms with van der Waals surface area (Å²) in [5, 5.41) is 0. The number of methoxy groups -OCH3 is 1. The first-order chi connectivity index (χ1) is 11.4. The van der Waals surface area contributed by atoms with E-state index < -0.39 is 0 Å². The number of carbonyl (C=O) groups is 2. The van der Waals surface area contributed by atoms with Crippen LogP contribution in [0.1, 0.15) is 25.8 Å². The Hall–Kier alpha value is -2.30. The smallest absolute Gasteiger partial charge is 0.277 e. The van der Waals surface area contributed by atoms with Crippen molar-refractivity contribution in [1.82, 2.24) is 9.80 Å². The minimum absolute atomic E-state index is 0.202. The van der Waals surface area contributed by atoms with Gasteiger partial charge in [0.05, 0.1) is 12.7 Å². The highest BCUT2D eigenvalue weighted by molar-refractivity contribution is 6.35. The number of hydrogen-bond acceptors (Lipinski definition) is 4. The van der Waals surface area contributed by atoms with Crippen LogP contribution in [0.4, 0.5) is 0 Å². The van der Waals surface area contributed by atoms with Crippen LogP contribution in [0, 0.1) is 11.8 Å². The molecule has 2 aliphatic rings. The van der Waals surface area contributed by atoms with Crippen LogP contribution in [0.2, 0.25) is 0 Å². The van der Waals surface area contributed by atoms with E-state index in [4.69, 9.17) is 4.74 Å². The molecule has 2 atom stereocenters. The van der Waals surface area contributed by atoms with E-state index >= 15 is 0 Å². The first-order valence-electron chi connectivity index (χ1n) is 8.38. The summed E-state index contributed by atoms with van der Waals surface area (Å²) in [6.45, 7) is 6.01. The lowest BCUT2D eigenvalue weighted by atomic mass is 9.91. The average molecular weight is 328 g/mol. The summed E-state index contributed by atoms with van der Waals surface area (Å²) in [5.41, 5.74) is 1.82. The lowest BCUT2D eigenvalue weighted by Gasteiger charge is -2.37. The zero-order valence-corrected chi connectivity index (χ0v) is 14.7. The number of benzene rings is 1. The molecule has 2 unspecified atom stereocenters. The molecule has 2 heterocycles. The molecule has 2 amide bonds. The number of nitrogens with zero attached hydrogens (tertiary/aromatic N) is 2. The maximum Gasteiger partial charge on any atom is 0.277 e. The minimum atomic E-state index is -0.231. The minimum Gasteiger partial charge on any atom is -0.497 e. The van der Waals surface area contributed by atoms with Gasteiger partial charge < -0.3 is 9.64 Å². The zero-order valence-electron chi connectivity index (χ0n) is 14.7. The molecule has 0 spiro atoms. The molecular weight excluding hydrogens is 304 g/mol. The normalized spacial score (nSPS) is 24.8. The SMILES string of the molecule is COc1ccc(C2=C(N3CC(C)CC(C)C3)C(=O)N(C)C2=O)cc1. The molecular formula is C19H24N2O3. The molecule has 5 nitrogen and oxygen atoms in total. The van der Waals surface area contributed by atoms with E-state index in [-0.39, 0.29) is 11.8 Å². The third-order valence-corrected chi connectivity index (χ3v) is 4.83. The van der Waals surface area contributed by atoms with Gasteiger partial charge in [-0.05, 0) is 36.0 Å². The number of likely N-dealkylation sites (tertiary alicyclic amines) is 1. The Morgan fingerprint density at radius 2 is 1.58 bits per heavy atom. The van der Waals surface area contributed by atoms with E-state index in [1.54, 1.807) is 14.2 Å². The highest BCUT2D eigenvalue weighted by Gasteiger charge is 2.40. The maximum atomic E-state index is 12.7. The van der Waals surface area contributed by atoms with Crippen LogP contribution in [0.15, 0.2) is 30.0 Å². The first-order valence-corrected chi connectivity index (χ1v) is 8.38. The number of hydrogen-bond donors (Lipinski definition) is 0. The number of piperidine rings is 1. The second-order valence-corrected chi connectivity index (χ2v) is 6.97. The van der Waals surface area contributed by atoms with Crippen molar-refractivity contribution in [3.05, 3.63) is 35.5 Å². The van der Waals surface area contributed by atoms with Crippen LogP contribution in [0.3, 0.4) is 0 Å². The Labute approximate surface area is 142 Å². The van der Waals surface area contributed by atoms with Gasteiger partial charge in [-0.1, -0.05) is 26.0 Å². The van der Waals surface area contributed by atoms with Crippen molar-refractivity contribution in [3.63, 3.8) is 0 Å². The largest absolute Gasteiger partial charge is 0.497 e. The maximum absolute atomic E-state index is 12.7. The summed E-state index contributed by atoms with van der Waals surface area (Å²) in [5.74, 6) is 1.31. The lowest BCUT2D eigenvalue weighted by Crippen LogP contribution is -2.41. The molecule has 2 aliphatic heterocycles. The molecule has 128 valence electrons. The van der Waals surface area contributed by atoms with Crippen LogP contribution in [-0.4, -0.2) is 48.9 Å². The Morgan fingerprint density at radius 1 is 1.00 bits per heavy atom. The summed E-state index contributed by atoms with van der Waals surface area (Å²) >= 11 is 0. The van der Waals surface area contributed by atoms with E-state index in [1.165, 1.54) is 4.90 Å². The third kappa shape index (κ3) is 2.79. The standard InChI is InChI=1S/C19H24N2O3/c1-12-9-13(2)11-21(10-12)17-16(18(22)20(3)19(17)23)14-5-7-15(24-4)8-6-14/h5-8,12-13H,9-11H2,1-4H3. The first kappa shape index (κ1) is 16.6. The number of imide groups is 1. The van der Waals surface area contributed by atoms with E-state index in [2.05, 4.69) is 18.7 Å². The van der Waals surface area contributed by atoms with Gasteiger partial charge in [0.1, 0.15) is 11.4 Å². The van der Waals surface area contributed by atoms with E-state index in [1.807, 2.05) is 24.3 Å². The molecule has 1 saturated heterocycles. The zero-order chi connectivity index (χ0) is 17.4. The summed E-state index contributed by atoms with van der Waals surface area (Å²) in [4.78, 5) is 28.7. The Bertz CT molecular complexity index is 683. The van der Waals surface area contributed by atoms with Gasteiger partial charge in [-0.15, -0.1) is 0 Å². The summed E-state index contributed by atoms with van der Waals surface area (Å²) in [7, 11) is 3.16. The highest BCUT2D eigenvalue weighted by Crippen LogP contribution is 2.34. The molecule has 3 rings (SSSR count). The van der Waals surface area contributed by atoms with E-state index in [9.17, 15) is 9.59 Å². The average Bonchev–Trinajstić information content (AvgIpc) is 2.78. The van der Waals surface area contributed by atoms with Crippen LogP contribution in [-0.2, 0) is 9.59 Å². The fourth-order valence-corrected chi connectivity index (χ4v) is 3.78. The second-order valence-electron chi connectivity index (χ2n) is 6.97. The van der Waals surface area contributed by atoms with Crippen molar-refractivity contribution in [2.24, 2.45) is 11.8 Å². The van der Waals surface area contributed by atoms with Gasteiger partial charge in [0.15, 0.2) is 0 Å². The summed E-state index contributed by atoms with van der Waals surface area (Å²) in [6.07, 6.45) is 1.15.